The van der Waals surface area contributed by atoms with Crippen LogP contribution in [0.25, 0.3) is 0 Å². The number of anilines is 1. The predicted octanol–water partition coefficient (Wildman–Crippen LogP) is 2.26. The summed E-state index contributed by atoms with van der Waals surface area (Å²) in [5.41, 5.74) is 6.68. The monoisotopic (exact) mass is 310 g/mol. The second-order valence-corrected chi connectivity index (χ2v) is 7.27. The van der Waals surface area contributed by atoms with Crippen LogP contribution in [-0.2, 0) is 10.0 Å². The van der Waals surface area contributed by atoms with Gasteiger partial charge in [0.15, 0.2) is 0 Å². The number of benzene rings is 1. The third kappa shape index (κ3) is 3.00. The third-order valence-corrected chi connectivity index (χ3v) is 5.41. The van der Waals surface area contributed by atoms with Gasteiger partial charge in [-0.25, -0.2) is 8.42 Å². The maximum absolute atomic E-state index is 12.3. The molecule has 3 N–H and O–H groups in total. The molecular formula is C13H14N2O3S2. The molecule has 0 saturated heterocycles. The van der Waals surface area contributed by atoms with Gasteiger partial charge in [-0.2, -0.15) is 0 Å². The number of primary amides is 1. The van der Waals surface area contributed by atoms with Crippen molar-refractivity contribution in [1.29, 1.82) is 0 Å². The van der Waals surface area contributed by atoms with Crippen molar-refractivity contribution in [3.05, 3.63) is 45.6 Å². The molecular weight excluding hydrogens is 296 g/mol. The molecule has 0 radical (unpaired) electrons. The molecule has 0 spiro atoms. The van der Waals surface area contributed by atoms with Crippen molar-refractivity contribution in [1.82, 2.24) is 0 Å². The van der Waals surface area contributed by atoms with Crippen LogP contribution in [0.4, 0.5) is 5.69 Å². The van der Waals surface area contributed by atoms with Gasteiger partial charge in [-0.1, -0.05) is 17.7 Å². The number of sulfonamides is 1. The van der Waals surface area contributed by atoms with Crippen molar-refractivity contribution in [3.63, 3.8) is 0 Å². The normalized spacial score (nSPS) is 11.3. The van der Waals surface area contributed by atoms with E-state index in [2.05, 4.69) is 4.72 Å². The van der Waals surface area contributed by atoms with E-state index in [0.29, 0.717) is 10.6 Å². The number of carbonyl (C=O) groups is 1. The van der Waals surface area contributed by atoms with Gasteiger partial charge < -0.3 is 5.73 Å². The highest BCUT2D eigenvalue weighted by Crippen LogP contribution is 2.27. The molecule has 0 atom stereocenters. The molecule has 7 heteroatoms. The summed E-state index contributed by atoms with van der Waals surface area (Å²) in [6, 6.07) is 8.30. The van der Waals surface area contributed by atoms with Gasteiger partial charge in [-0.15, -0.1) is 11.3 Å². The molecule has 0 fully saturated rings. The van der Waals surface area contributed by atoms with Crippen LogP contribution in [0.2, 0.25) is 0 Å². The molecule has 0 aliphatic rings. The first-order chi connectivity index (χ1) is 9.29. The zero-order chi connectivity index (χ0) is 14.9. The minimum Gasteiger partial charge on any atom is -0.365 e. The number of hydrogen-bond acceptors (Lipinski definition) is 4. The van der Waals surface area contributed by atoms with Crippen LogP contribution >= 0.6 is 11.3 Å². The van der Waals surface area contributed by atoms with Gasteiger partial charge in [-0.3, -0.25) is 9.52 Å². The number of nitrogens with one attached hydrogen (secondary N) is 1. The first-order valence-electron chi connectivity index (χ1n) is 5.79. The van der Waals surface area contributed by atoms with Crippen molar-refractivity contribution in [2.45, 2.75) is 18.7 Å². The number of carbonyl (C=O) groups excluding carboxylic acids is 1. The Morgan fingerprint density at radius 2 is 1.80 bits per heavy atom. The molecule has 0 aliphatic carbocycles. The fourth-order valence-electron chi connectivity index (χ4n) is 1.69. The van der Waals surface area contributed by atoms with Gasteiger partial charge in [-0.05, 0) is 32.0 Å². The van der Waals surface area contributed by atoms with E-state index in [9.17, 15) is 13.2 Å². The summed E-state index contributed by atoms with van der Waals surface area (Å²) in [7, 11) is -3.72. The SMILES string of the molecule is Cc1ccc(NS(=O)(=O)c2cc(C(N)=O)sc2C)cc1. The summed E-state index contributed by atoms with van der Waals surface area (Å²) < 4.78 is 27.1. The summed E-state index contributed by atoms with van der Waals surface area (Å²) in [6.07, 6.45) is 0. The van der Waals surface area contributed by atoms with E-state index in [1.165, 1.54) is 6.07 Å². The van der Waals surface area contributed by atoms with E-state index >= 15 is 0 Å². The van der Waals surface area contributed by atoms with Gasteiger partial charge in [0.05, 0.1) is 4.88 Å². The number of aryl methyl sites for hydroxylation is 2. The van der Waals surface area contributed by atoms with E-state index in [0.717, 1.165) is 16.9 Å². The van der Waals surface area contributed by atoms with E-state index in [4.69, 9.17) is 5.73 Å². The lowest BCUT2D eigenvalue weighted by Gasteiger charge is -2.07. The minimum atomic E-state index is -3.72. The van der Waals surface area contributed by atoms with Gasteiger partial charge in [0, 0.05) is 10.6 Å². The lowest BCUT2D eigenvalue weighted by atomic mass is 10.2. The zero-order valence-corrected chi connectivity index (χ0v) is 12.6. The van der Waals surface area contributed by atoms with Crippen LogP contribution < -0.4 is 10.5 Å². The lowest BCUT2D eigenvalue weighted by molar-refractivity contribution is 0.100. The van der Waals surface area contributed by atoms with Crippen molar-refractivity contribution in [2.75, 3.05) is 4.72 Å². The van der Waals surface area contributed by atoms with E-state index in [1.807, 2.05) is 19.1 Å². The standard InChI is InChI=1S/C13H14N2O3S2/c1-8-3-5-10(6-4-8)15-20(17,18)12-7-11(13(14)16)19-9(12)2/h3-7,15H,1-2H3,(H2,14,16). The van der Waals surface area contributed by atoms with Gasteiger partial charge in [0.1, 0.15) is 4.90 Å². The van der Waals surface area contributed by atoms with Crippen molar-refractivity contribution in [2.24, 2.45) is 5.73 Å². The van der Waals surface area contributed by atoms with Gasteiger partial charge in [0.2, 0.25) is 0 Å². The molecule has 1 aromatic heterocycles. The molecule has 0 unspecified atom stereocenters. The van der Waals surface area contributed by atoms with Crippen LogP contribution in [0.1, 0.15) is 20.1 Å². The summed E-state index contributed by atoms with van der Waals surface area (Å²) in [5.74, 6) is -0.630. The third-order valence-electron chi connectivity index (χ3n) is 2.71. The van der Waals surface area contributed by atoms with Gasteiger partial charge in [0.25, 0.3) is 15.9 Å². The smallest absolute Gasteiger partial charge is 0.263 e. The summed E-state index contributed by atoms with van der Waals surface area (Å²) in [5, 5.41) is 0. The number of amides is 1. The summed E-state index contributed by atoms with van der Waals surface area (Å²) in [4.78, 5) is 11.9. The van der Waals surface area contributed by atoms with Crippen molar-refractivity contribution < 1.29 is 13.2 Å². The number of rotatable bonds is 4. The molecule has 2 aromatic rings. The average Bonchev–Trinajstić information content (AvgIpc) is 2.75. The second kappa shape index (κ2) is 5.26. The Kier molecular flexibility index (Phi) is 3.82. The highest BCUT2D eigenvalue weighted by atomic mass is 32.2. The Bertz CT molecular complexity index is 746. The molecule has 1 heterocycles. The number of hydrogen-bond donors (Lipinski definition) is 2. The highest BCUT2D eigenvalue weighted by molar-refractivity contribution is 7.93. The van der Waals surface area contributed by atoms with E-state index in [-0.39, 0.29) is 9.77 Å². The molecule has 0 aliphatic heterocycles. The summed E-state index contributed by atoms with van der Waals surface area (Å²) >= 11 is 1.07. The maximum Gasteiger partial charge on any atom is 0.263 e. The molecule has 20 heavy (non-hydrogen) atoms. The fraction of sp³-hybridized carbons (Fsp3) is 0.154. The second-order valence-electron chi connectivity index (χ2n) is 4.37. The first-order valence-corrected chi connectivity index (χ1v) is 8.09. The zero-order valence-electron chi connectivity index (χ0n) is 11.0. The molecule has 0 saturated carbocycles. The molecule has 1 aromatic carbocycles. The van der Waals surface area contributed by atoms with Crippen LogP contribution in [0, 0.1) is 13.8 Å². The molecule has 1 amide bonds. The topological polar surface area (TPSA) is 89.3 Å². The number of nitrogens with two attached hydrogens (primary N) is 1. The summed E-state index contributed by atoms with van der Waals surface area (Å²) in [6.45, 7) is 3.56. The minimum absolute atomic E-state index is 0.0804. The van der Waals surface area contributed by atoms with Gasteiger partial charge >= 0.3 is 0 Å². The largest absolute Gasteiger partial charge is 0.365 e. The van der Waals surface area contributed by atoms with Crippen LogP contribution in [-0.4, -0.2) is 14.3 Å². The quantitative estimate of drug-likeness (QED) is 0.907. The Balaban J connectivity index is 2.35. The van der Waals surface area contributed by atoms with Crippen molar-refractivity contribution >= 4 is 33.0 Å². The van der Waals surface area contributed by atoms with E-state index in [1.54, 1.807) is 19.1 Å². The van der Waals surface area contributed by atoms with Crippen LogP contribution in [0.3, 0.4) is 0 Å². The van der Waals surface area contributed by atoms with Crippen LogP contribution in [0.5, 0.6) is 0 Å². The highest BCUT2D eigenvalue weighted by Gasteiger charge is 2.21. The maximum atomic E-state index is 12.3. The predicted molar refractivity (Wildman–Crippen MR) is 79.6 cm³/mol. The molecule has 0 bridgehead atoms. The number of thiophene rings is 1. The Morgan fingerprint density at radius 1 is 1.20 bits per heavy atom. The van der Waals surface area contributed by atoms with E-state index < -0.39 is 15.9 Å². The first kappa shape index (κ1) is 14.5. The molecule has 106 valence electrons. The molecule has 2 rings (SSSR count). The Morgan fingerprint density at radius 3 is 2.30 bits per heavy atom. The Labute approximate surface area is 121 Å². The van der Waals surface area contributed by atoms with Crippen molar-refractivity contribution in [3.8, 4) is 0 Å². The molecule has 5 nitrogen and oxygen atoms in total. The lowest BCUT2D eigenvalue weighted by Crippen LogP contribution is -2.13. The fourth-order valence-corrected chi connectivity index (χ4v) is 4.19. The van der Waals surface area contributed by atoms with Crippen LogP contribution in [0.15, 0.2) is 35.2 Å². The average molecular weight is 310 g/mol. The Hall–Kier alpha value is -1.86.